The van der Waals surface area contributed by atoms with Gasteiger partial charge in [-0.2, -0.15) is 46.5 Å². The van der Waals surface area contributed by atoms with Gasteiger partial charge in [0.05, 0.1) is 34.3 Å². The summed E-state index contributed by atoms with van der Waals surface area (Å²) in [6, 6.07) is 17.7. The van der Waals surface area contributed by atoms with Gasteiger partial charge in [-0.1, -0.05) is 36.1 Å². The number of carbonyl (C=O) groups is 2. The van der Waals surface area contributed by atoms with Crippen molar-refractivity contribution in [2.45, 2.75) is 39.3 Å². The van der Waals surface area contributed by atoms with Crippen molar-refractivity contribution in [1.29, 1.82) is 0 Å². The molecule has 418 valence electrons. The summed E-state index contributed by atoms with van der Waals surface area (Å²) in [6.07, 6.45) is -5.97. The Morgan fingerprint density at radius 2 is 1.04 bits per heavy atom. The zero-order valence-corrected chi connectivity index (χ0v) is 44.8. The molecule has 4 aromatic heterocycles. The first-order valence-electron chi connectivity index (χ1n) is 25.6. The van der Waals surface area contributed by atoms with E-state index in [0.29, 0.717) is 70.8 Å². The van der Waals surface area contributed by atoms with E-state index < -0.39 is 35.3 Å². The fraction of sp³-hybridized carbons (Fsp3) is 0.298. The number of nitrogens with two attached hydrogens (primary N) is 2. The number of benzene rings is 4. The second-order valence-electron chi connectivity index (χ2n) is 19.9. The predicted octanol–water partition coefficient (Wildman–Crippen LogP) is 7.33. The van der Waals surface area contributed by atoms with E-state index in [4.69, 9.17) is 11.5 Å². The normalized spacial score (nSPS) is 14.6. The number of piperazine rings is 2. The van der Waals surface area contributed by atoms with E-state index in [1.807, 2.05) is 37.7 Å². The van der Waals surface area contributed by atoms with Crippen molar-refractivity contribution in [3.05, 3.63) is 152 Å². The average molecular weight is 1110 g/mol. The smallest absolute Gasteiger partial charge is 0.368 e. The molecular weight excluding hydrogens is 1050 g/mol. The highest BCUT2D eigenvalue weighted by Gasteiger charge is 2.36. The summed E-state index contributed by atoms with van der Waals surface area (Å²) >= 11 is 0. The lowest BCUT2D eigenvalue weighted by Gasteiger charge is -2.33. The minimum atomic E-state index is -4.56. The first-order valence-corrected chi connectivity index (χ1v) is 25.6. The van der Waals surface area contributed by atoms with Crippen LogP contribution in [0.25, 0.3) is 22.1 Å². The van der Waals surface area contributed by atoms with Crippen LogP contribution in [-0.4, -0.2) is 138 Å². The molecule has 2 aliphatic rings. The Hall–Kier alpha value is -8.94. The Morgan fingerprint density at radius 1 is 0.580 bits per heavy atom. The molecule has 2 aliphatic heterocycles. The van der Waals surface area contributed by atoms with Crippen molar-refractivity contribution in [2.75, 3.05) is 88.6 Å². The molecule has 0 aliphatic carbocycles. The van der Waals surface area contributed by atoms with E-state index >= 15 is 0 Å². The number of carbonyl (C=O) groups excluding carboxylic acids is 2. The highest BCUT2D eigenvalue weighted by molar-refractivity contribution is 6.05. The standard InChI is InChI=1S/C29H29F3N8O.C28H27F3N8O/c1-18-4-5-20(14-19(18)7-9-25-23-16-34-39(3)26(23)37-28(33)36-25)27(41)35-22-8-6-21(24(15-22)29(30,31)32)17-40-12-10-38(2)11-13-40;1-17-3-4-19(13-18(17)6-8-24-22-15-33-37-25(22)36-27(32)35-24)26(40)34-21-7-5-20(23(14-21)28(29,30)31)16-39-11-9-38(2)10-12-39/h4-6,8,14-16H,10-13,17H2,1-3H3,(H,35,41)(H2,33,36,37);3-5,7,13-15H,9-12,16H2,1-2H3,(H,34,40)(H3,32,33,35,36,37). The molecule has 4 aromatic carbocycles. The maximum atomic E-state index is 14.0. The van der Waals surface area contributed by atoms with E-state index in [9.17, 15) is 35.9 Å². The molecule has 24 heteroatoms. The zero-order chi connectivity index (χ0) is 57.8. The molecule has 0 atom stereocenters. The van der Waals surface area contributed by atoms with Crippen LogP contribution in [0.3, 0.4) is 0 Å². The molecule has 0 saturated carbocycles. The van der Waals surface area contributed by atoms with Crippen molar-refractivity contribution in [3.8, 4) is 23.7 Å². The number of aryl methyl sites for hydroxylation is 3. The van der Waals surface area contributed by atoms with Crippen molar-refractivity contribution in [3.63, 3.8) is 0 Å². The maximum Gasteiger partial charge on any atom is 0.416 e. The number of aromatic amines is 1. The SMILES string of the molecule is Cc1ccc(C(=O)Nc2ccc(CN3CCN(C)CC3)c(C(F)(F)F)c2)cc1C#Cc1nc(N)nc2[nH]ncc12.Cc1ccc(C(=O)Nc2ccc(CN3CCN(C)CC3)c(C(F)(F)F)c2)cc1C#Cc1nc(N)nc2c1cnn2C. The molecule has 7 N–H and O–H groups in total. The summed E-state index contributed by atoms with van der Waals surface area (Å²) in [7, 11) is 5.72. The highest BCUT2D eigenvalue weighted by Crippen LogP contribution is 2.36. The van der Waals surface area contributed by atoms with E-state index in [1.54, 1.807) is 60.5 Å². The molecule has 81 heavy (non-hydrogen) atoms. The van der Waals surface area contributed by atoms with E-state index in [0.717, 1.165) is 49.4 Å². The fourth-order valence-corrected chi connectivity index (χ4v) is 9.14. The van der Waals surface area contributed by atoms with Crippen LogP contribution in [0.5, 0.6) is 0 Å². The second kappa shape index (κ2) is 23.8. The molecule has 2 amide bonds. The zero-order valence-electron chi connectivity index (χ0n) is 44.8. The lowest BCUT2D eigenvalue weighted by atomic mass is 10.0. The number of nitrogen functional groups attached to an aromatic ring is 2. The molecule has 2 saturated heterocycles. The van der Waals surface area contributed by atoms with E-state index in [-0.39, 0.29) is 58.6 Å². The van der Waals surface area contributed by atoms with Gasteiger partial charge in [-0.3, -0.25) is 29.2 Å². The largest absolute Gasteiger partial charge is 0.416 e. The minimum absolute atomic E-state index is 0.0404. The minimum Gasteiger partial charge on any atom is -0.368 e. The Kier molecular flexibility index (Phi) is 16.7. The van der Waals surface area contributed by atoms with Gasteiger partial charge < -0.3 is 31.9 Å². The van der Waals surface area contributed by atoms with Crippen LogP contribution in [0.1, 0.15) is 76.6 Å². The molecular formula is C57H56F6N16O2. The van der Waals surface area contributed by atoms with Gasteiger partial charge in [-0.05, 0) is 111 Å². The van der Waals surface area contributed by atoms with Gasteiger partial charge in [0.2, 0.25) is 11.9 Å². The molecule has 0 radical (unpaired) electrons. The Bertz CT molecular complexity index is 3800. The lowest BCUT2D eigenvalue weighted by Crippen LogP contribution is -2.44. The Balaban J connectivity index is 0.000000196. The van der Waals surface area contributed by atoms with Crippen LogP contribution in [0.15, 0.2) is 85.2 Å². The van der Waals surface area contributed by atoms with Crippen molar-refractivity contribution >= 4 is 57.2 Å². The summed E-state index contributed by atoms with van der Waals surface area (Å²) in [5, 5.41) is 17.3. The van der Waals surface area contributed by atoms with Crippen molar-refractivity contribution < 1.29 is 35.9 Å². The summed E-state index contributed by atoms with van der Waals surface area (Å²) in [4.78, 5) is 51.0. The third kappa shape index (κ3) is 13.9. The Labute approximate surface area is 461 Å². The number of rotatable bonds is 8. The molecule has 10 rings (SSSR count). The first kappa shape index (κ1) is 56.8. The van der Waals surface area contributed by atoms with Gasteiger partial charge in [0.25, 0.3) is 11.8 Å². The summed E-state index contributed by atoms with van der Waals surface area (Å²) in [5.74, 6) is 11.0. The quantitative estimate of drug-likeness (QED) is 0.0743. The number of hydrogen-bond donors (Lipinski definition) is 5. The molecule has 6 heterocycles. The number of halogens is 6. The molecule has 8 aromatic rings. The fourth-order valence-electron chi connectivity index (χ4n) is 9.14. The van der Waals surface area contributed by atoms with Gasteiger partial charge >= 0.3 is 12.4 Å². The molecule has 18 nitrogen and oxygen atoms in total. The number of nitrogens with one attached hydrogen (secondary N) is 3. The van der Waals surface area contributed by atoms with Crippen molar-refractivity contribution in [1.82, 2.24) is 59.5 Å². The number of alkyl halides is 6. The van der Waals surface area contributed by atoms with Crippen LogP contribution < -0.4 is 22.1 Å². The molecule has 0 bridgehead atoms. The average Bonchev–Trinajstić information content (AvgIpc) is 4.09. The van der Waals surface area contributed by atoms with Gasteiger partial charge in [0, 0.05) is 106 Å². The second-order valence-corrected chi connectivity index (χ2v) is 19.9. The number of fused-ring (bicyclic) bond motifs is 2. The van der Waals surface area contributed by atoms with Crippen LogP contribution in [-0.2, 0) is 32.5 Å². The molecule has 0 spiro atoms. The summed E-state index contributed by atoms with van der Waals surface area (Å²) in [5.41, 5.74) is 15.6. The van der Waals surface area contributed by atoms with Gasteiger partial charge in [-0.25, -0.2) is 9.97 Å². The lowest BCUT2D eigenvalue weighted by molar-refractivity contribution is -0.139. The summed E-state index contributed by atoms with van der Waals surface area (Å²) < 4.78 is 85.3. The number of hydrogen-bond acceptors (Lipinski definition) is 14. The predicted molar refractivity (Wildman–Crippen MR) is 295 cm³/mol. The van der Waals surface area contributed by atoms with Gasteiger partial charge in [-0.15, -0.1) is 0 Å². The molecule has 2 fully saturated rings. The van der Waals surface area contributed by atoms with Crippen LogP contribution in [0.2, 0.25) is 0 Å². The number of nitrogens with zero attached hydrogens (tertiary/aromatic N) is 11. The van der Waals surface area contributed by atoms with Gasteiger partial charge in [0.15, 0.2) is 11.3 Å². The Morgan fingerprint density at radius 3 is 1.51 bits per heavy atom. The summed E-state index contributed by atoms with van der Waals surface area (Å²) in [6.45, 7) is 10.1. The number of H-pyrrole nitrogens is 1. The van der Waals surface area contributed by atoms with Gasteiger partial charge in [0.1, 0.15) is 11.4 Å². The third-order valence-electron chi connectivity index (χ3n) is 13.9. The molecule has 0 unspecified atom stereocenters. The van der Waals surface area contributed by atoms with E-state index in [2.05, 4.69) is 79.3 Å². The first-order chi connectivity index (χ1) is 38.5. The monoisotopic (exact) mass is 1110 g/mol. The van der Waals surface area contributed by atoms with Crippen LogP contribution in [0.4, 0.5) is 49.6 Å². The van der Waals surface area contributed by atoms with Crippen molar-refractivity contribution in [2.24, 2.45) is 7.05 Å². The number of likely N-dealkylation sites (N-methyl/N-ethyl adjacent to an activating group) is 2. The van der Waals surface area contributed by atoms with Crippen LogP contribution in [0, 0.1) is 37.5 Å². The maximum absolute atomic E-state index is 14.0. The number of aromatic nitrogens is 8. The topological polar surface area (TPSA) is 221 Å². The highest BCUT2D eigenvalue weighted by atomic mass is 19.4. The van der Waals surface area contributed by atoms with Crippen LogP contribution >= 0.6 is 0 Å². The third-order valence-corrected chi connectivity index (χ3v) is 13.9. The number of anilines is 4. The number of amides is 2. The van der Waals surface area contributed by atoms with E-state index in [1.165, 1.54) is 24.3 Å².